The first-order chi connectivity index (χ1) is 16.0. The Labute approximate surface area is 189 Å². The van der Waals surface area contributed by atoms with Crippen LogP contribution >= 0.6 is 0 Å². The van der Waals surface area contributed by atoms with Crippen molar-refractivity contribution in [2.45, 2.75) is 29.3 Å². The second-order valence-corrected chi connectivity index (χ2v) is 8.39. The second kappa shape index (κ2) is 6.70. The number of hydrogen-bond acceptors (Lipinski definition) is 7. The van der Waals surface area contributed by atoms with Gasteiger partial charge in [0.15, 0.2) is 17.3 Å². The number of pyridine rings is 1. The SMILES string of the molecule is COc1cncc2c1[C@]1(O)[C@@H]3OC(=O)N[C@@H]3[C@@H](c3ccccc3)[C@]1(c1ccc(C#N)cc1)O2. The summed E-state index contributed by atoms with van der Waals surface area (Å²) < 4.78 is 17.9. The third kappa shape index (κ3) is 2.32. The number of alkyl carbamates (subject to hydrolysis) is 1. The van der Waals surface area contributed by atoms with Crippen LogP contribution in [0.15, 0.2) is 67.0 Å². The molecule has 0 unspecified atom stereocenters. The van der Waals surface area contributed by atoms with Crippen LogP contribution in [0, 0.1) is 11.3 Å². The molecular weight excluding hydrogens is 422 g/mol. The average molecular weight is 441 g/mol. The maximum absolute atomic E-state index is 12.6. The molecule has 2 aliphatic heterocycles. The number of methoxy groups -OCH3 is 1. The maximum Gasteiger partial charge on any atom is 0.407 e. The molecule has 1 aromatic heterocycles. The highest BCUT2D eigenvalue weighted by atomic mass is 16.6. The highest BCUT2D eigenvalue weighted by Crippen LogP contribution is 2.69. The van der Waals surface area contributed by atoms with Gasteiger partial charge in [0.05, 0.1) is 48.7 Å². The van der Waals surface area contributed by atoms with E-state index in [0.29, 0.717) is 28.2 Å². The highest BCUT2D eigenvalue weighted by molar-refractivity contribution is 5.74. The van der Waals surface area contributed by atoms with Crippen LogP contribution in [0.2, 0.25) is 0 Å². The molecule has 1 amide bonds. The molecule has 6 rings (SSSR count). The third-order valence-electron chi connectivity index (χ3n) is 6.97. The van der Waals surface area contributed by atoms with Crippen LogP contribution in [0.25, 0.3) is 0 Å². The Morgan fingerprint density at radius 1 is 1.15 bits per heavy atom. The number of carbonyl (C=O) groups excluding carboxylic acids is 1. The Morgan fingerprint density at radius 2 is 1.91 bits per heavy atom. The zero-order chi connectivity index (χ0) is 22.8. The van der Waals surface area contributed by atoms with Gasteiger partial charge in [-0.05, 0) is 23.3 Å². The molecule has 0 bridgehead atoms. The van der Waals surface area contributed by atoms with E-state index in [0.717, 1.165) is 5.56 Å². The second-order valence-electron chi connectivity index (χ2n) is 8.39. The lowest BCUT2D eigenvalue weighted by Crippen LogP contribution is -2.52. The van der Waals surface area contributed by atoms with Gasteiger partial charge in [-0.15, -0.1) is 0 Å². The number of rotatable bonds is 3. The largest absolute Gasteiger partial charge is 0.495 e. The van der Waals surface area contributed by atoms with Crippen molar-refractivity contribution >= 4 is 6.09 Å². The van der Waals surface area contributed by atoms with Crippen molar-refractivity contribution in [1.82, 2.24) is 10.3 Å². The normalized spacial score (nSPS) is 30.8. The fraction of sp³-hybridized carbons (Fsp3) is 0.240. The summed E-state index contributed by atoms with van der Waals surface area (Å²) in [6.07, 6.45) is 1.47. The van der Waals surface area contributed by atoms with Gasteiger partial charge >= 0.3 is 6.09 Å². The van der Waals surface area contributed by atoms with Crippen molar-refractivity contribution < 1.29 is 24.1 Å². The molecule has 1 aliphatic carbocycles. The molecule has 3 heterocycles. The van der Waals surface area contributed by atoms with Gasteiger partial charge in [-0.25, -0.2) is 4.79 Å². The fourth-order valence-corrected chi connectivity index (χ4v) is 5.77. The summed E-state index contributed by atoms with van der Waals surface area (Å²) in [4.78, 5) is 16.6. The molecule has 2 fully saturated rings. The van der Waals surface area contributed by atoms with Gasteiger partial charge < -0.3 is 24.6 Å². The number of aliphatic hydroxyl groups is 1. The number of hydrogen-bond donors (Lipinski definition) is 2. The predicted molar refractivity (Wildman–Crippen MR) is 115 cm³/mol. The first-order valence-electron chi connectivity index (χ1n) is 10.5. The van der Waals surface area contributed by atoms with E-state index < -0.39 is 35.4 Å². The van der Waals surface area contributed by atoms with E-state index in [1.807, 2.05) is 30.3 Å². The van der Waals surface area contributed by atoms with Crippen LogP contribution in [-0.4, -0.2) is 35.4 Å². The average Bonchev–Trinajstić information content (AvgIpc) is 3.42. The van der Waals surface area contributed by atoms with E-state index >= 15 is 0 Å². The van der Waals surface area contributed by atoms with Gasteiger partial charge in [0, 0.05) is 0 Å². The number of carbonyl (C=O) groups is 1. The van der Waals surface area contributed by atoms with E-state index in [1.165, 1.54) is 19.5 Å². The molecule has 164 valence electrons. The summed E-state index contributed by atoms with van der Waals surface area (Å²) in [5, 5.41) is 24.8. The van der Waals surface area contributed by atoms with E-state index in [1.54, 1.807) is 24.3 Å². The lowest BCUT2D eigenvalue weighted by Gasteiger charge is -2.41. The van der Waals surface area contributed by atoms with Crippen molar-refractivity contribution in [3.8, 4) is 17.6 Å². The third-order valence-corrected chi connectivity index (χ3v) is 6.97. The van der Waals surface area contributed by atoms with E-state index in [9.17, 15) is 15.2 Å². The maximum atomic E-state index is 12.6. The van der Waals surface area contributed by atoms with Crippen LogP contribution in [0.1, 0.15) is 28.2 Å². The molecule has 8 heteroatoms. The minimum Gasteiger partial charge on any atom is -0.495 e. The molecule has 3 aromatic rings. The Kier molecular flexibility index (Phi) is 3.98. The Hall–Kier alpha value is -4.09. The van der Waals surface area contributed by atoms with Gasteiger partial charge in [0.1, 0.15) is 11.5 Å². The Bertz CT molecular complexity index is 1310. The predicted octanol–water partition coefficient (Wildman–Crippen LogP) is 2.71. The smallest absolute Gasteiger partial charge is 0.407 e. The van der Waals surface area contributed by atoms with Crippen LogP contribution < -0.4 is 14.8 Å². The highest BCUT2D eigenvalue weighted by Gasteiger charge is 2.80. The zero-order valence-electron chi connectivity index (χ0n) is 17.6. The minimum absolute atomic E-state index is 0.334. The summed E-state index contributed by atoms with van der Waals surface area (Å²) in [6.45, 7) is 0. The van der Waals surface area contributed by atoms with Crippen LogP contribution in [0.5, 0.6) is 11.5 Å². The summed E-state index contributed by atoms with van der Waals surface area (Å²) in [5.41, 5.74) is -0.817. The van der Waals surface area contributed by atoms with Gasteiger partial charge in [-0.2, -0.15) is 5.26 Å². The first-order valence-corrected chi connectivity index (χ1v) is 10.5. The van der Waals surface area contributed by atoms with Crippen LogP contribution in [-0.2, 0) is 15.9 Å². The van der Waals surface area contributed by atoms with Gasteiger partial charge in [-0.3, -0.25) is 4.98 Å². The number of nitriles is 1. The summed E-state index contributed by atoms with van der Waals surface area (Å²) >= 11 is 0. The molecule has 2 N–H and O–H groups in total. The number of amides is 1. The number of benzene rings is 2. The molecule has 3 aliphatic rings. The summed E-state index contributed by atoms with van der Waals surface area (Å²) in [7, 11) is 1.49. The molecule has 1 saturated heterocycles. The molecule has 0 radical (unpaired) electrons. The zero-order valence-corrected chi connectivity index (χ0v) is 17.6. The van der Waals surface area contributed by atoms with Crippen LogP contribution in [0.4, 0.5) is 4.79 Å². The fourth-order valence-electron chi connectivity index (χ4n) is 5.77. The van der Waals surface area contributed by atoms with Crippen molar-refractivity contribution in [2.75, 3.05) is 7.11 Å². The first kappa shape index (κ1) is 19.6. The molecule has 33 heavy (non-hydrogen) atoms. The molecule has 2 aromatic carbocycles. The number of ether oxygens (including phenoxy) is 3. The summed E-state index contributed by atoms with van der Waals surface area (Å²) in [6, 6.07) is 18.0. The van der Waals surface area contributed by atoms with Gasteiger partial charge in [-0.1, -0.05) is 42.5 Å². The standard InChI is InChI=1S/C25H19N3O5/c1-31-17-12-27-13-18-20(17)24(30)22-21(28-23(29)32-22)19(15-5-3-2-4-6-15)25(24,33-18)16-9-7-14(11-26)8-10-16/h2-10,12-13,19,21-22,30H,1H3,(H,28,29)/t19-,21-,22-,24+,25+/m1/s1. The minimum atomic E-state index is -1.80. The number of nitrogens with zero attached hydrogens (tertiary/aromatic N) is 2. The lowest BCUT2D eigenvalue weighted by atomic mass is 9.71. The molecule has 1 saturated carbocycles. The summed E-state index contributed by atoms with van der Waals surface area (Å²) in [5.74, 6) is 0.162. The van der Waals surface area contributed by atoms with E-state index in [4.69, 9.17) is 14.2 Å². The van der Waals surface area contributed by atoms with E-state index in [-0.39, 0.29) is 0 Å². The van der Waals surface area contributed by atoms with Crippen molar-refractivity contribution in [2.24, 2.45) is 0 Å². The number of fused-ring (bicyclic) bond motifs is 5. The molecule has 5 atom stereocenters. The Morgan fingerprint density at radius 3 is 2.61 bits per heavy atom. The van der Waals surface area contributed by atoms with Gasteiger partial charge in [0.25, 0.3) is 0 Å². The van der Waals surface area contributed by atoms with Crippen molar-refractivity contribution in [1.29, 1.82) is 5.26 Å². The Balaban J connectivity index is 1.69. The van der Waals surface area contributed by atoms with Gasteiger partial charge in [0.2, 0.25) is 0 Å². The number of aromatic nitrogens is 1. The topological polar surface area (TPSA) is 114 Å². The van der Waals surface area contributed by atoms with Crippen LogP contribution in [0.3, 0.4) is 0 Å². The quantitative estimate of drug-likeness (QED) is 0.642. The van der Waals surface area contributed by atoms with Crippen molar-refractivity contribution in [3.05, 3.63) is 89.2 Å². The monoisotopic (exact) mass is 441 g/mol. The van der Waals surface area contributed by atoms with E-state index in [2.05, 4.69) is 16.4 Å². The number of nitrogens with one attached hydrogen (secondary N) is 1. The lowest BCUT2D eigenvalue weighted by molar-refractivity contribution is -0.147. The van der Waals surface area contributed by atoms with Crippen molar-refractivity contribution in [3.63, 3.8) is 0 Å². The molecular formula is C25H19N3O5. The molecule has 0 spiro atoms. The molecule has 8 nitrogen and oxygen atoms in total.